The molecule has 1 heterocycles. The summed E-state index contributed by atoms with van der Waals surface area (Å²) < 4.78 is 1.72. The Balaban J connectivity index is 2.04. The SMILES string of the molecule is CC(C)(C)n1nnnc1SCC(=O)c1ccc(Cl)cc1. The number of tetrazole rings is 1. The van der Waals surface area contributed by atoms with Crippen molar-refractivity contribution in [3.05, 3.63) is 34.9 Å². The highest BCUT2D eigenvalue weighted by atomic mass is 35.5. The van der Waals surface area contributed by atoms with Crippen molar-refractivity contribution in [2.24, 2.45) is 0 Å². The molecule has 0 saturated carbocycles. The van der Waals surface area contributed by atoms with Gasteiger partial charge in [0.15, 0.2) is 5.78 Å². The van der Waals surface area contributed by atoms with Gasteiger partial charge in [-0.25, -0.2) is 4.68 Å². The molecular weight excluding hydrogens is 296 g/mol. The number of benzene rings is 1. The van der Waals surface area contributed by atoms with Gasteiger partial charge in [0.2, 0.25) is 5.16 Å². The van der Waals surface area contributed by atoms with Gasteiger partial charge in [-0.1, -0.05) is 23.4 Å². The minimum absolute atomic E-state index is 0.0233. The summed E-state index contributed by atoms with van der Waals surface area (Å²) in [6, 6.07) is 6.85. The van der Waals surface area contributed by atoms with Crippen LogP contribution in [0.1, 0.15) is 31.1 Å². The van der Waals surface area contributed by atoms with E-state index >= 15 is 0 Å². The number of ketones is 1. The molecule has 0 radical (unpaired) electrons. The third-order valence-electron chi connectivity index (χ3n) is 2.57. The lowest BCUT2D eigenvalue weighted by molar-refractivity contribution is 0.102. The van der Waals surface area contributed by atoms with Gasteiger partial charge in [0.25, 0.3) is 0 Å². The van der Waals surface area contributed by atoms with Crippen molar-refractivity contribution in [3.8, 4) is 0 Å². The second-order valence-corrected chi connectivity index (χ2v) is 6.64. The second kappa shape index (κ2) is 5.93. The molecule has 0 aliphatic carbocycles. The topological polar surface area (TPSA) is 60.7 Å². The van der Waals surface area contributed by atoms with E-state index in [1.807, 2.05) is 20.8 Å². The van der Waals surface area contributed by atoms with Crippen LogP contribution in [0, 0.1) is 0 Å². The van der Waals surface area contributed by atoms with Crippen LogP contribution in [0.3, 0.4) is 0 Å². The van der Waals surface area contributed by atoms with Crippen LogP contribution in [-0.2, 0) is 5.54 Å². The fraction of sp³-hybridized carbons (Fsp3) is 0.385. The summed E-state index contributed by atoms with van der Waals surface area (Å²) in [5, 5.41) is 12.8. The Hall–Kier alpha value is -1.40. The van der Waals surface area contributed by atoms with Crippen LogP contribution in [0.25, 0.3) is 0 Å². The Morgan fingerprint density at radius 2 is 1.95 bits per heavy atom. The molecule has 1 aromatic carbocycles. The van der Waals surface area contributed by atoms with Gasteiger partial charge in [-0.15, -0.1) is 5.10 Å². The Labute approximate surface area is 126 Å². The van der Waals surface area contributed by atoms with Crippen molar-refractivity contribution >= 4 is 29.1 Å². The summed E-state index contributed by atoms with van der Waals surface area (Å²) in [5.41, 5.74) is 0.423. The van der Waals surface area contributed by atoms with Crippen LogP contribution in [-0.4, -0.2) is 31.7 Å². The van der Waals surface area contributed by atoms with Gasteiger partial charge in [-0.05, 0) is 55.5 Å². The van der Waals surface area contributed by atoms with E-state index in [1.54, 1.807) is 28.9 Å². The summed E-state index contributed by atoms with van der Waals surface area (Å²) in [5.74, 6) is 0.313. The number of carbonyl (C=O) groups excluding carboxylic acids is 1. The number of hydrogen-bond donors (Lipinski definition) is 0. The zero-order valence-corrected chi connectivity index (χ0v) is 13.1. The molecule has 0 spiro atoms. The number of aromatic nitrogens is 4. The van der Waals surface area contributed by atoms with E-state index in [9.17, 15) is 4.79 Å². The lowest BCUT2D eigenvalue weighted by Gasteiger charge is -2.19. The van der Waals surface area contributed by atoms with E-state index in [0.29, 0.717) is 15.7 Å². The number of rotatable bonds is 4. The van der Waals surface area contributed by atoms with Crippen LogP contribution >= 0.6 is 23.4 Å². The third kappa shape index (κ3) is 3.58. The van der Waals surface area contributed by atoms with Crippen molar-refractivity contribution in [1.29, 1.82) is 0 Å². The van der Waals surface area contributed by atoms with Crippen molar-refractivity contribution in [1.82, 2.24) is 20.2 Å². The van der Waals surface area contributed by atoms with Gasteiger partial charge >= 0.3 is 0 Å². The molecule has 2 aromatic rings. The zero-order valence-electron chi connectivity index (χ0n) is 11.5. The lowest BCUT2D eigenvalue weighted by atomic mass is 10.1. The minimum Gasteiger partial charge on any atom is -0.293 e. The van der Waals surface area contributed by atoms with E-state index < -0.39 is 0 Å². The van der Waals surface area contributed by atoms with Crippen molar-refractivity contribution in [3.63, 3.8) is 0 Å². The highest BCUT2D eigenvalue weighted by Gasteiger charge is 2.20. The Kier molecular flexibility index (Phi) is 4.45. The first-order valence-corrected chi connectivity index (χ1v) is 7.45. The van der Waals surface area contributed by atoms with E-state index in [-0.39, 0.29) is 17.1 Å². The molecule has 106 valence electrons. The third-order valence-corrected chi connectivity index (χ3v) is 3.75. The molecule has 5 nitrogen and oxygen atoms in total. The van der Waals surface area contributed by atoms with E-state index in [0.717, 1.165) is 0 Å². The van der Waals surface area contributed by atoms with Crippen LogP contribution < -0.4 is 0 Å². The Morgan fingerprint density at radius 3 is 2.55 bits per heavy atom. The normalized spacial score (nSPS) is 11.6. The zero-order chi connectivity index (χ0) is 14.8. The van der Waals surface area contributed by atoms with Crippen LogP contribution in [0.5, 0.6) is 0 Å². The quantitative estimate of drug-likeness (QED) is 0.641. The number of halogens is 1. The van der Waals surface area contributed by atoms with E-state index in [4.69, 9.17) is 11.6 Å². The smallest absolute Gasteiger partial charge is 0.210 e. The number of Topliss-reactive ketones (excluding diaryl/α,β-unsaturated/α-hetero) is 1. The molecule has 0 bridgehead atoms. The monoisotopic (exact) mass is 310 g/mol. The lowest BCUT2D eigenvalue weighted by Crippen LogP contribution is -2.24. The van der Waals surface area contributed by atoms with Crippen LogP contribution in [0.2, 0.25) is 5.02 Å². The molecular formula is C13H15ClN4OS. The average molecular weight is 311 g/mol. The first-order valence-electron chi connectivity index (χ1n) is 6.08. The molecule has 0 atom stereocenters. The van der Waals surface area contributed by atoms with Crippen molar-refractivity contribution in [2.45, 2.75) is 31.5 Å². The molecule has 20 heavy (non-hydrogen) atoms. The number of carbonyl (C=O) groups is 1. The van der Waals surface area contributed by atoms with E-state index in [1.165, 1.54) is 11.8 Å². The maximum Gasteiger partial charge on any atom is 0.210 e. The van der Waals surface area contributed by atoms with Crippen molar-refractivity contribution in [2.75, 3.05) is 5.75 Å². The predicted molar refractivity (Wildman–Crippen MR) is 79.3 cm³/mol. The molecule has 2 rings (SSSR count). The highest BCUT2D eigenvalue weighted by Crippen LogP contribution is 2.22. The Bertz CT molecular complexity index is 604. The number of hydrogen-bond acceptors (Lipinski definition) is 5. The summed E-state index contributed by atoms with van der Waals surface area (Å²) >= 11 is 7.13. The second-order valence-electron chi connectivity index (χ2n) is 5.26. The molecule has 0 amide bonds. The molecule has 0 fully saturated rings. The maximum atomic E-state index is 12.1. The Morgan fingerprint density at radius 1 is 1.30 bits per heavy atom. The summed E-state index contributed by atoms with van der Waals surface area (Å²) in [4.78, 5) is 12.1. The number of thioether (sulfide) groups is 1. The van der Waals surface area contributed by atoms with E-state index in [2.05, 4.69) is 15.5 Å². The molecule has 0 unspecified atom stereocenters. The molecule has 1 aromatic heterocycles. The van der Waals surface area contributed by atoms with Gasteiger partial charge in [0.05, 0.1) is 11.3 Å². The molecule has 7 heteroatoms. The van der Waals surface area contributed by atoms with Crippen LogP contribution in [0.15, 0.2) is 29.4 Å². The van der Waals surface area contributed by atoms with Gasteiger partial charge in [-0.2, -0.15) is 0 Å². The molecule has 0 saturated heterocycles. The van der Waals surface area contributed by atoms with Gasteiger partial charge in [0.1, 0.15) is 0 Å². The minimum atomic E-state index is -0.213. The number of nitrogens with zero attached hydrogens (tertiary/aromatic N) is 4. The molecule has 0 aliphatic rings. The first kappa shape index (κ1) is 15.0. The fourth-order valence-electron chi connectivity index (χ4n) is 1.54. The maximum absolute atomic E-state index is 12.1. The largest absolute Gasteiger partial charge is 0.293 e. The standard InChI is InChI=1S/C13H15ClN4OS/c1-13(2,3)18-12(15-16-17-18)20-8-11(19)9-4-6-10(14)7-5-9/h4-7H,8H2,1-3H3. The summed E-state index contributed by atoms with van der Waals surface area (Å²) in [6.45, 7) is 6.03. The highest BCUT2D eigenvalue weighted by molar-refractivity contribution is 7.99. The van der Waals surface area contributed by atoms with Gasteiger partial charge in [-0.3, -0.25) is 4.79 Å². The molecule has 0 N–H and O–H groups in total. The average Bonchev–Trinajstić information content (AvgIpc) is 2.85. The van der Waals surface area contributed by atoms with Gasteiger partial charge < -0.3 is 0 Å². The van der Waals surface area contributed by atoms with Gasteiger partial charge in [0, 0.05) is 10.6 Å². The summed E-state index contributed by atoms with van der Waals surface area (Å²) in [7, 11) is 0. The fourth-order valence-corrected chi connectivity index (χ4v) is 2.62. The summed E-state index contributed by atoms with van der Waals surface area (Å²) in [6.07, 6.45) is 0. The predicted octanol–water partition coefficient (Wildman–Crippen LogP) is 3.06. The first-order chi connectivity index (χ1) is 9.38. The van der Waals surface area contributed by atoms with Crippen LogP contribution in [0.4, 0.5) is 0 Å². The molecule has 0 aliphatic heterocycles. The van der Waals surface area contributed by atoms with Crippen molar-refractivity contribution < 1.29 is 4.79 Å².